The smallest absolute Gasteiger partial charge is 0.552 e. The molecule has 2 N–H and O–H groups in total. The van der Waals surface area contributed by atoms with Crippen LogP contribution in [-0.4, -0.2) is 26.1 Å². The molecular weight excluding hydrogens is 596 g/mol. The van der Waals surface area contributed by atoms with E-state index in [9.17, 15) is 4.79 Å². The molecule has 4 rings (SSSR count). The van der Waals surface area contributed by atoms with Gasteiger partial charge in [0.05, 0.1) is 19.3 Å². The van der Waals surface area contributed by atoms with Gasteiger partial charge in [-0.15, -0.1) is 23.8 Å². The second-order valence-electron chi connectivity index (χ2n) is 6.69. The second-order valence-corrected chi connectivity index (χ2v) is 6.69. The number of aryl methyl sites for hydroxylation is 1. The van der Waals surface area contributed by atoms with E-state index >= 15 is 0 Å². The van der Waals surface area contributed by atoms with Crippen LogP contribution in [0.2, 0.25) is 0 Å². The molecule has 4 heterocycles. The molecular formula is C20H19N5O3U. The number of H-pyrrole nitrogens is 1. The van der Waals surface area contributed by atoms with Crippen molar-refractivity contribution in [2.75, 3.05) is 6.61 Å². The molecule has 3 aromatic heterocycles. The van der Waals surface area contributed by atoms with Crippen molar-refractivity contribution in [1.29, 1.82) is 5.41 Å². The summed E-state index contributed by atoms with van der Waals surface area (Å²) < 4.78 is 12.9. The quantitative estimate of drug-likeness (QED) is 0.438. The van der Waals surface area contributed by atoms with Gasteiger partial charge in [-0.05, 0) is 12.8 Å². The van der Waals surface area contributed by atoms with Crippen molar-refractivity contribution in [1.82, 2.24) is 19.5 Å². The molecule has 0 aromatic carbocycles. The number of aromatic amines is 1. The first kappa shape index (κ1) is 21.2. The van der Waals surface area contributed by atoms with Crippen LogP contribution >= 0.6 is 0 Å². The molecule has 1 aliphatic rings. The fraction of sp³-hybridized carbons (Fsp3) is 0.250. The van der Waals surface area contributed by atoms with Crippen LogP contribution in [0, 0.1) is 61.9 Å². The van der Waals surface area contributed by atoms with Gasteiger partial charge < -0.3 is 23.5 Å². The number of fused-ring (bicyclic) bond motifs is 1. The average molecular weight is 615 g/mol. The normalized spacial score (nSPS) is 15.9. The number of imidazole rings is 1. The molecule has 0 fully saturated rings. The fourth-order valence-electron chi connectivity index (χ4n) is 3.05. The monoisotopic (exact) mass is 615 g/mol. The SMILES string of the molecule is Cc1c[c-]c(C=C2[CH-]C=C([C@H](C)Cn3cnc(=N)c4[nH]cnc43)OC2)c(=O)o1.[U+2]. The van der Waals surface area contributed by atoms with Crippen LogP contribution in [0.4, 0.5) is 0 Å². The Morgan fingerprint density at radius 2 is 2.31 bits per heavy atom. The molecule has 0 saturated carbocycles. The zero-order chi connectivity index (χ0) is 19.7. The summed E-state index contributed by atoms with van der Waals surface area (Å²) in [5.41, 5.74) is 2.31. The molecule has 9 heteroatoms. The van der Waals surface area contributed by atoms with E-state index in [0.29, 0.717) is 35.6 Å². The third-order valence-corrected chi connectivity index (χ3v) is 4.51. The van der Waals surface area contributed by atoms with Gasteiger partial charge in [0, 0.05) is 18.1 Å². The number of nitrogens with zero attached hydrogens (tertiary/aromatic N) is 3. The Kier molecular flexibility index (Phi) is 6.50. The third-order valence-electron chi connectivity index (χ3n) is 4.51. The minimum Gasteiger partial charge on any atom is -0.552 e. The van der Waals surface area contributed by atoms with E-state index in [0.717, 1.165) is 11.3 Å². The van der Waals surface area contributed by atoms with Gasteiger partial charge >= 0.3 is 31.1 Å². The largest absolute Gasteiger partial charge is 2.00 e. The molecule has 0 spiro atoms. The van der Waals surface area contributed by atoms with E-state index in [4.69, 9.17) is 14.6 Å². The van der Waals surface area contributed by atoms with Crippen molar-refractivity contribution in [3.8, 4) is 0 Å². The number of hydrogen-bond donors (Lipinski definition) is 2. The first-order valence-corrected chi connectivity index (χ1v) is 8.85. The Balaban J connectivity index is 0.00000240. The topological polar surface area (TPSA) is 110 Å². The van der Waals surface area contributed by atoms with Crippen LogP contribution in [0.15, 0.2) is 45.3 Å². The number of rotatable bonds is 4. The summed E-state index contributed by atoms with van der Waals surface area (Å²) in [6.07, 6.45) is 8.74. The maximum absolute atomic E-state index is 11.9. The van der Waals surface area contributed by atoms with Crippen molar-refractivity contribution in [2.24, 2.45) is 5.92 Å². The zero-order valence-electron chi connectivity index (χ0n) is 16.0. The third kappa shape index (κ3) is 4.57. The van der Waals surface area contributed by atoms with Crippen molar-refractivity contribution in [3.63, 3.8) is 0 Å². The molecule has 29 heavy (non-hydrogen) atoms. The molecule has 0 unspecified atom stereocenters. The first-order valence-electron chi connectivity index (χ1n) is 8.85. The summed E-state index contributed by atoms with van der Waals surface area (Å²) in [5.74, 6) is 1.45. The molecule has 146 valence electrons. The Bertz CT molecular complexity index is 1200. The molecule has 0 aliphatic carbocycles. The van der Waals surface area contributed by atoms with Crippen LogP contribution in [-0.2, 0) is 11.3 Å². The Morgan fingerprint density at radius 1 is 1.48 bits per heavy atom. The van der Waals surface area contributed by atoms with Gasteiger partial charge in [0.2, 0.25) is 5.63 Å². The van der Waals surface area contributed by atoms with Gasteiger partial charge in [0.25, 0.3) is 0 Å². The summed E-state index contributed by atoms with van der Waals surface area (Å²) in [7, 11) is 0. The van der Waals surface area contributed by atoms with Gasteiger partial charge in [-0.25, -0.2) is 9.97 Å². The molecule has 1 atom stereocenters. The van der Waals surface area contributed by atoms with E-state index in [1.807, 2.05) is 17.1 Å². The Hall–Kier alpha value is -2.50. The Morgan fingerprint density at radius 3 is 3.03 bits per heavy atom. The second kappa shape index (κ2) is 8.89. The molecule has 1 aliphatic heterocycles. The van der Waals surface area contributed by atoms with Gasteiger partial charge in [-0.1, -0.05) is 12.5 Å². The summed E-state index contributed by atoms with van der Waals surface area (Å²) in [4.78, 5) is 23.2. The van der Waals surface area contributed by atoms with E-state index in [1.54, 1.807) is 31.7 Å². The van der Waals surface area contributed by atoms with E-state index < -0.39 is 5.63 Å². The number of allylic oxidation sites excluding steroid dienone is 2. The zero-order valence-corrected chi connectivity index (χ0v) is 20.2. The summed E-state index contributed by atoms with van der Waals surface area (Å²) in [6.45, 7) is 4.74. The Labute approximate surface area is 190 Å². The van der Waals surface area contributed by atoms with Gasteiger partial charge in [0.15, 0.2) is 11.1 Å². The van der Waals surface area contributed by atoms with E-state index in [2.05, 4.69) is 27.9 Å². The van der Waals surface area contributed by atoms with Crippen LogP contribution in [0.3, 0.4) is 0 Å². The van der Waals surface area contributed by atoms with Crippen molar-refractivity contribution in [2.45, 2.75) is 20.4 Å². The predicted molar refractivity (Wildman–Crippen MR) is 102 cm³/mol. The number of hydrogen-bond acceptors (Lipinski definition) is 6. The molecule has 0 saturated heterocycles. The van der Waals surface area contributed by atoms with E-state index in [1.165, 1.54) is 0 Å². The van der Waals surface area contributed by atoms with E-state index in [-0.39, 0.29) is 42.5 Å². The predicted octanol–water partition coefficient (Wildman–Crippen LogP) is 2.14. The summed E-state index contributed by atoms with van der Waals surface area (Å²) in [5, 5.41) is 7.82. The molecule has 0 radical (unpaired) electrons. The number of ether oxygens (including phenoxy) is 1. The van der Waals surface area contributed by atoms with Crippen LogP contribution < -0.4 is 11.1 Å². The van der Waals surface area contributed by atoms with Crippen molar-refractivity contribution in [3.05, 3.63) is 75.8 Å². The minimum absolute atomic E-state index is 0. The van der Waals surface area contributed by atoms with Gasteiger partial charge in [-0.3, -0.25) is 5.41 Å². The molecule has 3 aromatic rings. The van der Waals surface area contributed by atoms with Crippen molar-refractivity contribution >= 4 is 17.2 Å². The van der Waals surface area contributed by atoms with Crippen LogP contribution in [0.1, 0.15) is 18.2 Å². The van der Waals surface area contributed by atoms with Crippen LogP contribution in [0.5, 0.6) is 0 Å². The maximum Gasteiger partial charge on any atom is 2.00 e. The fourth-order valence-corrected chi connectivity index (χ4v) is 3.05. The van der Waals surface area contributed by atoms with Crippen LogP contribution in [0.25, 0.3) is 17.2 Å². The molecule has 0 amide bonds. The molecule has 0 bridgehead atoms. The maximum atomic E-state index is 11.9. The summed E-state index contributed by atoms with van der Waals surface area (Å²) in [6, 6.07) is 4.57. The van der Waals surface area contributed by atoms with Crippen molar-refractivity contribution < 1.29 is 40.3 Å². The number of aromatic nitrogens is 4. The summed E-state index contributed by atoms with van der Waals surface area (Å²) >= 11 is 0. The van der Waals surface area contributed by atoms with Gasteiger partial charge in [-0.2, -0.15) is 12.5 Å². The molecule has 8 nitrogen and oxygen atoms in total. The standard InChI is InChI=1S/C20H19N5O3.U/c1-12(8-25-11-24-18(21)17-19(25)23-10-22-17)16-6-4-14(9-27-16)7-15-5-3-13(2)28-20(15)26;/h3-4,6-7,10-12,21H,8-9H2,1-2H3,(H,22,23);/q-2;+2/t12-;/m1./s1. The van der Waals surface area contributed by atoms with Gasteiger partial charge in [0.1, 0.15) is 5.52 Å². The first-order chi connectivity index (χ1) is 13.5. The minimum atomic E-state index is -0.409. The number of nitrogens with one attached hydrogen (secondary N) is 2. The average Bonchev–Trinajstić information content (AvgIpc) is 3.18.